The molecule has 1 aliphatic rings. The van der Waals surface area contributed by atoms with Crippen molar-refractivity contribution in [3.8, 4) is 5.75 Å². The molecule has 35 heavy (non-hydrogen) atoms. The molecule has 2 amide bonds. The van der Waals surface area contributed by atoms with E-state index in [9.17, 15) is 19.7 Å². The maximum absolute atomic E-state index is 12.9. The average Bonchev–Trinajstić information content (AvgIpc) is 3.07. The van der Waals surface area contributed by atoms with Gasteiger partial charge in [-0.25, -0.2) is 0 Å². The maximum Gasteiger partial charge on any atom is 0.293 e. The van der Waals surface area contributed by atoms with Gasteiger partial charge in [0.15, 0.2) is 0 Å². The van der Waals surface area contributed by atoms with Crippen molar-refractivity contribution in [3.05, 3.63) is 106 Å². The van der Waals surface area contributed by atoms with Gasteiger partial charge >= 0.3 is 0 Å². The highest BCUT2D eigenvalue weighted by Gasteiger charge is 2.36. The van der Waals surface area contributed by atoms with Gasteiger partial charge in [-0.1, -0.05) is 41.9 Å². The van der Waals surface area contributed by atoms with Crippen LogP contribution in [0.1, 0.15) is 16.7 Å². The van der Waals surface area contributed by atoms with Crippen LogP contribution in [0, 0.1) is 10.1 Å². The van der Waals surface area contributed by atoms with Crippen LogP contribution in [0.4, 0.5) is 10.5 Å². The van der Waals surface area contributed by atoms with E-state index in [0.29, 0.717) is 31.9 Å². The summed E-state index contributed by atoms with van der Waals surface area (Å²) in [7, 11) is 0. The highest BCUT2D eigenvalue weighted by atomic mass is 79.9. The van der Waals surface area contributed by atoms with E-state index in [2.05, 4.69) is 31.9 Å². The van der Waals surface area contributed by atoms with E-state index in [1.807, 2.05) is 12.1 Å². The van der Waals surface area contributed by atoms with Crippen LogP contribution in [0.2, 0.25) is 5.02 Å². The normalized spacial score (nSPS) is 14.6. The van der Waals surface area contributed by atoms with Crippen molar-refractivity contribution in [2.45, 2.75) is 13.2 Å². The highest BCUT2D eigenvalue weighted by Crippen LogP contribution is 2.38. The summed E-state index contributed by atoms with van der Waals surface area (Å²) in [4.78, 5) is 37.4. The number of ether oxygens (including phenoxy) is 1. The third-order valence-corrected chi connectivity index (χ3v) is 7.34. The Balaban J connectivity index is 1.51. The van der Waals surface area contributed by atoms with E-state index in [0.717, 1.165) is 22.2 Å². The number of halogens is 3. The lowest BCUT2D eigenvalue weighted by Crippen LogP contribution is -2.27. The van der Waals surface area contributed by atoms with Gasteiger partial charge in [0.25, 0.3) is 16.8 Å². The molecule has 1 saturated heterocycles. The zero-order valence-corrected chi connectivity index (χ0v) is 22.5. The second-order valence-electron chi connectivity index (χ2n) is 7.38. The number of nitro groups is 1. The molecule has 0 unspecified atom stereocenters. The molecule has 0 N–H and O–H groups in total. The minimum atomic E-state index is -0.532. The Kier molecular flexibility index (Phi) is 7.95. The van der Waals surface area contributed by atoms with Gasteiger partial charge in [0.2, 0.25) is 0 Å². The van der Waals surface area contributed by atoms with Crippen molar-refractivity contribution in [1.82, 2.24) is 4.90 Å². The summed E-state index contributed by atoms with van der Waals surface area (Å²) in [6.45, 7) is 0.155. The summed E-state index contributed by atoms with van der Waals surface area (Å²) in [5, 5.41) is 11.4. The lowest BCUT2D eigenvalue weighted by molar-refractivity contribution is -0.385. The molecule has 1 fully saturated rings. The van der Waals surface area contributed by atoms with Crippen molar-refractivity contribution in [3.63, 3.8) is 0 Å². The number of nitrogens with zero attached hydrogens (tertiary/aromatic N) is 2. The van der Waals surface area contributed by atoms with Crippen LogP contribution in [0.3, 0.4) is 0 Å². The number of amides is 2. The Labute approximate surface area is 226 Å². The molecule has 0 radical (unpaired) electrons. The van der Waals surface area contributed by atoms with Gasteiger partial charge in [-0.3, -0.25) is 24.6 Å². The molecular formula is C24H15Br2ClN2O5S. The Morgan fingerprint density at radius 1 is 1.06 bits per heavy atom. The van der Waals surface area contributed by atoms with Gasteiger partial charge in [0, 0.05) is 16.7 Å². The van der Waals surface area contributed by atoms with Crippen LogP contribution in [0.15, 0.2) is 74.5 Å². The smallest absolute Gasteiger partial charge is 0.293 e. The molecular weight excluding hydrogens is 624 g/mol. The predicted molar refractivity (Wildman–Crippen MR) is 142 cm³/mol. The van der Waals surface area contributed by atoms with Crippen LogP contribution in [-0.4, -0.2) is 21.0 Å². The SMILES string of the molecule is O=C1S/C(=C\c2cc(Br)c(OCc3ccc(Cl)cc3)c(Br)c2)C(=O)N1Cc1ccccc1[N+](=O)[O-]. The van der Waals surface area contributed by atoms with E-state index < -0.39 is 16.1 Å². The Bertz CT molecular complexity index is 1340. The third kappa shape index (κ3) is 5.95. The lowest BCUT2D eigenvalue weighted by Gasteiger charge is -2.13. The Hall–Kier alpha value is -2.66. The number of benzene rings is 3. The minimum absolute atomic E-state index is 0.141. The van der Waals surface area contributed by atoms with Crippen LogP contribution >= 0.6 is 55.2 Å². The fourth-order valence-electron chi connectivity index (χ4n) is 3.32. The van der Waals surface area contributed by atoms with Crippen LogP contribution in [0.5, 0.6) is 5.75 Å². The van der Waals surface area contributed by atoms with Crippen LogP contribution < -0.4 is 4.74 Å². The number of thioether (sulfide) groups is 1. The Morgan fingerprint density at radius 2 is 1.71 bits per heavy atom. The maximum atomic E-state index is 12.9. The first-order chi connectivity index (χ1) is 16.7. The van der Waals surface area contributed by atoms with Crippen molar-refractivity contribution in [2.24, 2.45) is 0 Å². The number of carbonyl (C=O) groups excluding carboxylic acids is 2. The van der Waals surface area contributed by atoms with E-state index in [-0.39, 0.29) is 22.7 Å². The van der Waals surface area contributed by atoms with Gasteiger partial charge in [-0.15, -0.1) is 0 Å². The molecule has 3 aromatic rings. The largest absolute Gasteiger partial charge is 0.487 e. The summed E-state index contributed by atoms with van der Waals surface area (Å²) < 4.78 is 7.24. The molecule has 1 heterocycles. The quantitative estimate of drug-likeness (QED) is 0.151. The molecule has 3 aromatic carbocycles. The standard InChI is InChI=1S/C24H15Br2ClN2O5S/c25-18-9-15(10-19(26)22(18)34-13-14-5-7-17(27)8-6-14)11-21-23(30)28(24(31)35-21)12-16-3-1-2-4-20(16)29(32)33/h1-11H,12-13H2/b21-11-. The molecule has 0 spiro atoms. The fraction of sp³-hybridized carbons (Fsp3) is 0.0833. The number of para-hydroxylation sites is 1. The summed E-state index contributed by atoms with van der Waals surface area (Å²) in [5.74, 6) is 0.0788. The van der Waals surface area contributed by atoms with Crippen molar-refractivity contribution >= 4 is 78.1 Å². The first-order valence-electron chi connectivity index (χ1n) is 10.1. The minimum Gasteiger partial charge on any atom is -0.487 e. The van der Waals surface area contributed by atoms with Gasteiger partial charge < -0.3 is 4.74 Å². The summed E-state index contributed by atoms with van der Waals surface area (Å²) in [6, 6.07) is 16.9. The van der Waals surface area contributed by atoms with Gasteiger partial charge in [-0.05, 0) is 85.1 Å². The number of hydrogen-bond donors (Lipinski definition) is 0. The topological polar surface area (TPSA) is 89.8 Å². The van der Waals surface area contributed by atoms with E-state index in [4.69, 9.17) is 16.3 Å². The molecule has 7 nitrogen and oxygen atoms in total. The highest BCUT2D eigenvalue weighted by molar-refractivity contribution is 9.11. The van der Waals surface area contributed by atoms with Crippen molar-refractivity contribution in [2.75, 3.05) is 0 Å². The molecule has 4 rings (SSSR count). The average molecular weight is 639 g/mol. The molecule has 0 aromatic heterocycles. The molecule has 178 valence electrons. The number of hydrogen-bond acceptors (Lipinski definition) is 6. The third-order valence-electron chi connectivity index (χ3n) is 5.01. The van der Waals surface area contributed by atoms with E-state index in [1.54, 1.807) is 36.4 Å². The predicted octanol–water partition coefficient (Wildman–Crippen LogP) is 7.59. The van der Waals surface area contributed by atoms with Crippen molar-refractivity contribution < 1.29 is 19.2 Å². The van der Waals surface area contributed by atoms with Crippen LogP contribution in [-0.2, 0) is 17.9 Å². The number of nitro benzene ring substituents is 1. The van der Waals surface area contributed by atoms with Gasteiger partial charge in [0.1, 0.15) is 12.4 Å². The molecule has 0 aliphatic carbocycles. The van der Waals surface area contributed by atoms with Crippen LogP contribution in [0.25, 0.3) is 6.08 Å². The number of rotatable bonds is 7. The molecule has 11 heteroatoms. The zero-order valence-electron chi connectivity index (χ0n) is 17.7. The zero-order chi connectivity index (χ0) is 25.1. The van der Waals surface area contributed by atoms with E-state index >= 15 is 0 Å². The lowest BCUT2D eigenvalue weighted by atomic mass is 10.1. The Morgan fingerprint density at radius 3 is 2.37 bits per heavy atom. The molecule has 1 aliphatic heterocycles. The molecule has 0 saturated carbocycles. The summed E-state index contributed by atoms with van der Waals surface area (Å²) in [6.07, 6.45) is 1.60. The summed E-state index contributed by atoms with van der Waals surface area (Å²) in [5.41, 5.74) is 1.76. The number of carbonyl (C=O) groups is 2. The first kappa shape index (κ1) is 25.4. The summed E-state index contributed by atoms with van der Waals surface area (Å²) >= 11 is 13.7. The first-order valence-corrected chi connectivity index (χ1v) is 12.8. The molecule has 0 atom stereocenters. The van der Waals surface area contributed by atoms with Crippen molar-refractivity contribution in [1.29, 1.82) is 0 Å². The monoisotopic (exact) mass is 636 g/mol. The van der Waals surface area contributed by atoms with Gasteiger partial charge in [0.05, 0.1) is 25.3 Å². The second-order valence-corrected chi connectivity index (χ2v) is 10.5. The number of imide groups is 1. The fourth-order valence-corrected chi connectivity index (χ4v) is 5.73. The van der Waals surface area contributed by atoms with Gasteiger partial charge in [-0.2, -0.15) is 0 Å². The molecule has 0 bridgehead atoms. The van der Waals surface area contributed by atoms with E-state index in [1.165, 1.54) is 18.2 Å². The second kappa shape index (κ2) is 10.9.